The molecule has 2 aliphatic rings. The number of halogens is 1. The van der Waals surface area contributed by atoms with Crippen LogP contribution in [0.2, 0.25) is 0 Å². The minimum Gasteiger partial charge on any atom is -1.00 e. The van der Waals surface area contributed by atoms with Crippen LogP contribution in [0.1, 0.15) is 40.0 Å². The van der Waals surface area contributed by atoms with E-state index in [1.807, 2.05) is 21.1 Å². The van der Waals surface area contributed by atoms with Crippen LogP contribution in [0.25, 0.3) is 0 Å². The second-order valence-electron chi connectivity index (χ2n) is 8.04. The molecule has 3 nitrogen and oxygen atoms in total. The Labute approximate surface area is 123 Å². The highest BCUT2D eigenvalue weighted by molar-refractivity contribution is 5.71. The molecule has 0 amide bonds. The highest BCUT2D eigenvalue weighted by Crippen LogP contribution is 2.66. The molecule has 2 saturated carbocycles. The predicted octanol–water partition coefficient (Wildman–Crippen LogP) is -0.545. The van der Waals surface area contributed by atoms with Crippen molar-refractivity contribution in [3.63, 3.8) is 0 Å². The zero-order chi connectivity index (χ0) is 13.8. The van der Waals surface area contributed by atoms with E-state index in [0.717, 1.165) is 12.3 Å². The molecule has 0 aromatic heterocycles. The van der Waals surface area contributed by atoms with Gasteiger partial charge in [-0.3, -0.25) is 0 Å². The fraction of sp³-hybridized carbons (Fsp3) is 0.933. The Morgan fingerprint density at radius 1 is 1.26 bits per heavy atom. The van der Waals surface area contributed by atoms with E-state index in [-0.39, 0.29) is 29.9 Å². The third-order valence-electron chi connectivity index (χ3n) is 5.59. The Kier molecular flexibility index (Phi) is 4.35. The monoisotopic (exact) mass is 289 g/mol. The van der Waals surface area contributed by atoms with Crippen LogP contribution in [0.5, 0.6) is 0 Å². The summed E-state index contributed by atoms with van der Waals surface area (Å²) in [7, 11) is 6.06. The lowest BCUT2D eigenvalue weighted by Crippen LogP contribution is -3.00. The predicted molar refractivity (Wildman–Crippen MR) is 72.0 cm³/mol. The molecule has 2 aliphatic carbocycles. The highest BCUT2D eigenvalue weighted by Gasteiger charge is 2.62. The summed E-state index contributed by atoms with van der Waals surface area (Å²) >= 11 is 0. The fourth-order valence-corrected chi connectivity index (χ4v) is 3.89. The molecule has 3 atom stereocenters. The van der Waals surface area contributed by atoms with Crippen LogP contribution < -0.4 is 12.4 Å². The Bertz CT molecular complexity index is 362. The van der Waals surface area contributed by atoms with Gasteiger partial charge in [0, 0.05) is 5.41 Å². The number of hydrogen-bond donors (Lipinski definition) is 0. The van der Waals surface area contributed by atoms with Gasteiger partial charge < -0.3 is 21.6 Å². The van der Waals surface area contributed by atoms with E-state index in [1.54, 1.807) is 0 Å². The zero-order valence-corrected chi connectivity index (χ0v) is 13.9. The number of carbonyl (C=O) groups excluding carboxylic acids is 1. The maximum Gasteiger partial charge on any atom is 0.362 e. The topological polar surface area (TPSA) is 26.3 Å². The van der Waals surface area contributed by atoms with Gasteiger partial charge in [0.2, 0.25) is 0 Å². The molecule has 3 unspecified atom stereocenters. The van der Waals surface area contributed by atoms with Gasteiger partial charge in [0.1, 0.15) is 6.10 Å². The van der Waals surface area contributed by atoms with Crippen LogP contribution in [-0.2, 0) is 9.53 Å². The number of nitrogens with zero attached hydrogens (tertiary/aromatic N) is 1. The van der Waals surface area contributed by atoms with Gasteiger partial charge in [0.15, 0.2) is 6.54 Å². The second-order valence-corrected chi connectivity index (χ2v) is 8.04. The molecular weight excluding hydrogens is 262 g/mol. The normalized spacial score (nSPS) is 35.9. The number of rotatable bonds is 3. The number of hydrogen-bond acceptors (Lipinski definition) is 2. The first-order valence-corrected chi connectivity index (χ1v) is 7.06. The first-order valence-electron chi connectivity index (χ1n) is 7.06. The summed E-state index contributed by atoms with van der Waals surface area (Å²) in [5.41, 5.74) is 0.493. The summed E-state index contributed by atoms with van der Waals surface area (Å²) in [6, 6.07) is 0. The largest absolute Gasteiger partial charge is 1.00 e. The van der Waals surface area contributed by atoms with Crippen LogP contribution in [0.15, 0.2) is 0 Å². The molecule has 112 valence electrons. The van der Waals surface area contributed by atoms with Gasteiger partial charge in [-0.25, -0.2) is 4.79 Å². The molecule has 0 heterocycles. The number of likely N-dealkylation sites (N-methyl/N-ethyl adjacent to an activating group) is 1. The number of quaternary nitrogens is 1. The summed E-state index contributed by atoms with van der Waals surface area (Å²) < 4.78 is 6.44. The Hall–Kier alpha value is -0.280. The molecule has 0 aromatic carbocycles. The SMILES string of the molecule is CC1(C)C2CCC1(C)C(OC(=O)C[N+](C)(C)C)C2.[Cl-]. The van der Waals surface area contributed by atoms with Gasteiger partial charge in [-0.2, -0.15) is 0 Å². The molecule has 0 radical (unpaired) electrons. The molecule has 2 rings (SSSR count). The first kappa shape index (κ1) is 16.8. The maximum absolute atomic E-state index is 12.0. The average molecular weight is 290 g/mol. The zero-order valence-electron chi connectivity index (χ0n) is 13.1. The summed E-state index contributed by atoms with van der Waals surface area (Å²) in [6.07, 6.45) is 3.69. The Morgan fingerprint density at radius 2 is 1.84 bits per heavy atom. The minimum atomic E-state index is -0.0444. The van der Waals surface area contributed by atoms with E-state index in [0.29, 0.717) is 16.4 Å². The number of carbonyl (C=O) groups is 1. The second kappa shape index (κ2) is 4.92. The summed E-state index contributed by atoms with van der Waals surface area (Å²) in [4.78, 5) is 12.0. The molecule has 0 saturated heterocycles. The van der Waals surface area contributed by atoms with Crippen molar-refractivity contribution >= 4 is 5.97 Å². The van der Waals surface area contributed by atoms with Crippen molar-refractivity contribution in [2.24, 2.45) is 16.7 Å². The minimum absolute atomic E-state index is 0. The van der Waals surface area contributed by atoms with E-state index < -0.39 is 0 Å². The highest BCUT2D eigenvalue weighted by atomic mass is 35.5. The Balaban J connectivity index is 0.00000180. The third kappa shape index (κ3) is 2.78. The number of esters is 1. The lowest BCUT2D eigenvalue weighted by atomic mass is 9.70. The fourth-order valence-electron chi connectivity index (χ4n) is 3.89. The molecule has 0 aliphatic heterocycles. The van der Waals surface area contributed by atoms with Gasteiger partial charge in [-0.05, 0) is 30.6 Å². The van der Waals surface area contributed by atoms with Crippen LogP contribution in [0.4, 0.5) is 0 Å². The van der Waals surface area contributed by atoms with Gasteiger partial charge in [0.05, 0.1) is 21.1 Å². The van der Waals surface area contributed by atoms with Crippen molar-refractivity contribution in [1.29, 1.82) is 0 Å². The van der Waals surface area contributed by atoms with Gasteiger partial charge in [-0.1, -0.05) is 20.8 Å². The number of fused-ring (bicyclic) bond motifs is 2. The molecule has 0 N–H and O–H groups in total. The van der Waals surface area contributed by atoms with Gasteiger partial charge in [0.25, 0.3) is 0 Å². The van der Waals surface area contributed by atoms with E-state index in [1.165, 1.54) is 12.8 Å². The van der Waals surface area contributed by atoms with Crippen LogP contribution >= 0.6 is 0 Å². The maximum atomic E-state index is 12.0. The summed E-state index contributed by atoms with van der Waals surface area (Å²) in [6.45, 7) is 7.46. The summed E-state index contributed by atoms with van der Waals surface area (Å²) in [5.74, 6) is 0.682. The molecule has 0 aromatic rings. The van der Waals surface area contributed by atoms with Crippen molar-refractivity contribution in [1.82, 2.24) is 0 Å². The lowest BCUT2D eigenvalue weighted by Gasteiger charge is -2.38. The third-order valence-corrected chi connectivity index (χ3v) is 5.59. The Morgan fingerprint density at radius 3 is 2.21 bits per heavy atom. The first-order chi connectivity index (χ1) is 8.06. The van der Waals surface area contributed by atoms with Crippen LogP contribution in [0.3, 0.4) is 0 Å². The molecule has 0 spiro atoms. The van der Waals surface area contributed by atoms with Crippen molar-refractivity contribution in [3.05, 3.63) is 0 Å². The molecule has 4 heteroatoms. The molecular formula is C15H28ClNO2. The van der Waals surface area contributed by atoms with Crippen LogP contribution in [-0.4, -0.2) is 44.2 Å². The van der Waals surface area contributed by atoms with E-state index in [2.05, 4.69) is 20.8 Å². The molecule has 2 fully saturated rings. The number of ether oxygens (including phenoxy) is 1. The average Bonchev–Trinajstić information content (AvgIpc) is 2.47. The van der Waals surface area contributed by atoms with Crippen LogP contribution in [0, 0.1) is 16.7 Å². The quantitative estimate of drug-likeness (QED) is 0.515. The van der Waals surface area contributed by atoms with E-state index >= 15 is 0 Å². The van der Waals surface area contributed by atoms with Gasteiger partial charge in [-0.15, -0.1) is 0 Å². The van der Waals surface area contributed by atoms with Crippen molar-refractivity contribution in [2.45, 2.75) is 46.1 Å². The summed E-state index contributed by atoms with van der Waals surface area (Å²) in [5, 5.41) is 0. The van der Waals surface area contributed by atoms with Crippen molar-refractivity contribution in [3.8, 4) is 0 Å². The van der Waals surface area contributed by atoms with Gasteiger partial charge >= 0.3 is 5.97 Å². The smallest absolute Gasteiger partial charge is 0.362 e. The van der Waals surface area contributed by atoms with E-state index in [4.69, 9.17) is 4.74 Å². The standard InChI is InChI=1S/C15H28NO2.ClH/c1-14(2)11-7-8-15(14,3)12(9-11)18-13(17)10-16(4,5)6;/h11-12H,7-10H2,1-6H3;1H/q+1;/p-1. The van der Waals surface area contributed by atoms with E-state index in [9.17, 15) is 4.79 Å². The molecule has 19 heavy (non-hydrogen) atoms. The van der Waals surface area contributed by atoms with Crippen molar-refractivity contribution < 1.29 is 26.4 Å². The lowest BCUT2D eigenvalue weighted by molar-refractivity contribution is -0.862. The molecule has 2 bridgehead atoms. The van der Waals surface area contributed by atoms with Crippen molar-refractivity contribution in [2.75, 3.05) is 27.7 Å².